The molecular formula is C20H22N4O2. The molecule has 1 aliphatic heterocycles. The van der Waals surface area contributed by atoms with E-state index in [0.717, 1.165) is 36.0 Å². The van der Waals surface area contributed by atoms with Crippen molar-refractivity contribution in [3.8, 4) is 0 Å². The number of imidazole rings is 1. The van der Waals surface area contributed by atoms with Crippen molar-refractivity contribution in [3.05, 3.63) is 64.8 Å². The Bertz CT molecular complexity index is 990. The molecule has 3 aromatic rings. The SMILES string of the molecule is CCn1c(=O)n(CC(=O)N2CCCC2c2ccncc2)c2ccccc21. The minimum atomic E-state index is -0.123. The summed E-state index contributed by atoms with van der Waals surface area (Å²) in [6.07, 6.45) is 5.44. The molecule has 1 aromatic carbocycles. The second kappa shape index (κ2) is 6.78. The fourth-order valence-electron chi connectivity index (χ4n) is 3.95. The van der Waals surface area contributed by atoms with Gasteiger partial charge in [-0.25, -0.2) is 4.79 Å². The average Bonchev–Trinajstić information content (AvgIpc) is 3.26. The lowest BCUT2D eigenvalue weighted by Gasteiger charge is -2.25. The molecule has 0 spiro atoms. The van der Waals surface area contributed by atoms with Crippen molar-refractivity contribution in [3.63, 3.8) is 0 Å². The van der Waals surface area contributed by atoms with Gasteiger partial charge in [0.15, 0.2) is 0 Å². The smallest absolute Gasteiger partial charge is 0.329 e. The number of carbonyl (C=O) groups is 1. The van der Waals surface area contributed by atoms with E-state index >= 15 is 0 Å². The molecule has 0 N–H and O–H groups in total. The number of fused-ring (bicyclic) bond motifs is 1. The third-order valence-corrected chi connectivity index (χ3v) is 5.20. The highest BCUT2D eigenvalue weighted by molar-refractivity contribution is 5.81. The van der Waals surface area contributed by atoms with Gasteiger partial charge in [-0.05, 0) is 49.6 Å². The highest BCUT2D eigenvalue weighted by Gasteiger charge is 2.30. The predicted octanol–water partition coefficient (Wildman–Crippen LogP) is 2.58. The maximum Gasteiger partial charge on any atom is 0.329 e. The highest BCUT2D eigenvalue weighted by atomic mass is 16.2. The van der Waals surface area contributed by atoms with Crippen LogP contribution in [0, 0.1) is 0 Å². The molecule has 1 saturated heterocycles. The van der Waals surface area contributed by atoms with Gasteiger partial charge < -0.3 is 4.90 Å². The summed E-state index contributed by atoms with van der Waals surface area (Å²) in [4.78, 5) is 31.8. The van der Waals surface area contributed by atoms with E-state index in [0.29, 0.717) is 6.54 Å². The van der Waals surface area contributed by atoms with E-state index in [4.69, 9.17) is 0 Å². The van der Waals surface area contributed by atoms with Crippen LogP contribution in [0.15, 0.2) is 53.6 Å². The van der Waals surface area contributed by atoms with Gasteiger partial charge in [-0.1, -0.05) is 12.1 Å². The number of aromatic nitrogens is 3. The molecule has 6 heteroatoms. The Labute approximate surface area is 151 Å². The molecule has 6 nitrogen and oxygen atoms in total. The number of hydrogen-bond donors (Lipinski definition) is 0. The molecule has 1 unspecified atom stereocenters. The number of hydrogen-bond acceptors (Lipinski definition) is 3. The zero-order valence-corrected chi connectivity index (χ0v) is 14.8. The number of aryl methyl sites for hydroxylation is 1. The fourth-order valence-corrected chi connectivity index (χ4v) is 3.95. The van der Waals surface area contributed by atoms with Crippen LogP contribution < -0.4 is 5.69 Å². The van der Waals surface area contributed by atoms with Gasteiger partial charge in [0.05, 0.1) is 17.1 Å². The summed E-state index contributed by atoms with van der Waals surface area (Å²) in [7, 11) is 0. The summed E-state index contributed by atoms with van der Waals surface area (Å²) in [5.41, 5.74) is 2.67. The standard InChI is InChI=1S/C20H22N4O2/c1-2-22-17-6-3-4-7-18(17)24(20(22)26)14-19(25)23-13-5-8-16(23)15-9-11-21-12-10-15/h3-4,6-7,9-12,16H,2,5,8,13-14H2,1H3. The molecule has 1 atom stereocenters. The number of benzene rings is 1. The third kappa shape index (κ3) is 2.71. The van der Waals surface area contributed by atoms with E-state index in [2.05, 4.69) is 4.98 Å². The molecule has 1 fully saturated rings. The van der Waals surface area contributed by atoms with Gasteiger partial charge in [0, 0.05) is 25.5 Å². The summed E-state index contributed by atoms with van der Waals surface area (Å²) >= 11 is 0. The predicted molar refractivity (Wildman–Crippen MR) is 99.8 cm³/mol. The average molecular weight is 350 g/mol. The number of carbonyl (C=O) groups excluding carboxylic acids is 1. The van der Waals surface area contributed by atoms with Crippen LogP contribution in [0.1, 0.15) is 31.4 Å². The first kappa shape index (κ1) is 16.6. The van der Waals surface area contributed by atoms with Crippen molar-refractivity contribution in [2.24, 2.45) is 0 Å². The van der Waals surface area contributed by atoms with Gasteiger partial charge in [-0.3, -0.25) is 18.9 Å². The maximum atomic E-state index is 13.0. The molecule has 0 saturated carbocycles. The van der Waals surface area contributed by atoms with Crippen LogP contribution in [0.5, 0.6) is 0 Å². The zero-order valence-electron chi connectivity index (χ0n) is 14.8. The Morgan fingerprint density at radius 3 is 2.50 bits per heavy atom. The van der Waals surface area contributed by atoms with E-state index in [1.807, 2.05) is 48.2 Å². The van der Waals surface area contributed by atoms with E-state index in [1.54, 1.807) is 21.5 Å². The summed E-state index contributed by atoms with van der Waals surface area (Å²) in [5, 5.41) is 0. The van der Waals surface area contributed by atoms with Crippen LogP contribution in [0.4, 0.5) is 0 Å². The van der Waals surface area contributed by atoms with E-state index in [9.17, 15) is 9.59 Å². The third-order valence-electron chi connectivity index (χ3n) is 5.20. The summed E-state index contributed by atoms with van der Waals surface area (Å²) in [6.45, 7) is 3.34. The molecule has 26 heavy (non-hydrogen) atoms. The van der Waals surface area contributed by atoms with Crippen LogP contribution in [-0.4, -0.2) is 31.5 Å². The number of rotatable bonds is 4. The van der Waals surface area contributed by atoms with Crippen molar-refractivity contribution in [1.29, 1.82) is 0 Å². The van der Waals surface area contributed by atoms with E-state index in [-0.39, 0.29) is 24.2 Å². The Kier molecular flexibility index (Phi) is 4.32. The summed E-state index contributed by atoms with van der Waals surface area (Å²) in [6, 6.07) is 11.6. The lowest BCUT2D eigenvalue weighted by Crippen LogP contribution is -2.36. The van der Waals surface area contributed by atoms with Gasteiger partial charge in [0.2, 0.25) is 5.91 Å². The molecule has 0 bridgehead atoms. The molecule has 0 aliphatic carbocycles. The molecule has 134 valence electrons. The molecule has 1 aliphatic rings. The second-order valence-electron chi connectivity index (χ2n) is 6.63. The Balaban J connectivity index is 1.66. The molecule has 2 aromatic heterocycles. The first-order valence-electron chi connectivity index (χ1n) is 9.08. The second-order valence-corrected chi connectivity index (χ2v) is 6.63. The Morgan fingerprint density at radius 1 is 1.12 bits per heavy atom. The monoisotopic (exact) mass is 350 g/mol. The maximum absolute atomic E-state index is 13.0. The van der Waals surface area contributed by atoms with Crippen molar-refractivity contribution < 1.29 is 4.79 Å². The number of para-hydroxylation sites is 2. The fraction of sp³-hybridized carbons (Fsp3) is 0.350. The van der Waals surface area contributed by atoms with Crippen LogP contribution in [-0.2, 0) is 17.9 Å². The minimum absolute atomic E-state index is 0.00887. The van der Waals surface area contributed by atoms with Crippen LogP contribution in [0.25, 0.3) is 11.0 Å². The highest BCUT2D eigenvalue weighted by Crippen LogP contribution is 2.31. The zero-order chi connectivity index (χ0) is 18.1. The van der Waals surface area contributed by atoms with Gasteiger partial charge in [-0.15, -0.1) is 0 Å². The summed E-state index contributed by atoms with van der Waals surface area (Å²) < 4.78 is 3.32. The van der Waals surface area contributed by atoms with Crippen molar-refractivity contribution in [2.45, 2.75) is 38.9 Å². The van der Waals surface area contributed by atoms with Crippen molar-refractivity contribution >= 4 is 16.9 Å². The number of nitrogens with zero attached hydrogens (tertiary/aromatic N) is 4. The number of likely N-dealkylation sites (tertiary alicyclic amines) is 1. The first-order chi connectivity index (χ1) is 12.7. The number of amides is 1. The summed E-state index contributed by atoms with van der Waals surface area (Å²) in [5.74, 6) is -0.00887. The Hall–Kier alpha value is -2.89. The normalized spacial score (nSPS) is 17.1. The van der Waals surface area contributed by atoms with E-state index in [1.165, 1.54) is 0 Å². The Morgan fingerprint density at radius 2 is 1.81 bits per heavy atom. The number of pyridine rings is 1. The van der Waals surface area contributed by atoms with E-state index < -0.39 is 0 Å². The molecular weight excluding hydrogens is 328 g/mol. The molecule has 0 radical (unpaired) electrons. The van der Waals surface area contributed by atoms with Gasteiger partial charge in [-0.2, -0.15) is 0 Å². The molecule has 3 heterocycles. The molecule has 1 amide bonds. The van der Waals surface area contributed by atoms with Crippen LogP contribution >= 0.6 is 0 Å². The van der Waals surface area contributed by atoms with Gasteiger partial charge >= 0.3 is 5.69 Å². The lowest BCUT2D eigenvalue weighted by molar-refractivity contribution is -0.132. The van der Waals surface area contributed by atoms with Gasteiger partial charge in [0.1, 0.15) is 6.54 Å². The van der Waals surface area contributed by atoms with Crippen molar-refractivity contribution in [1.82, 2.24) is 19.0 Å². The molecule has 4 rings (SSSR count). The first-order valence-corrected chi connectivity index (χ1v) is 9.08. The van der Waals surface area contributed by atoms with Crippen LogP contribution in [0.2, 0.25) is 0 Å². The van der Waals surface area contributed by atoms with Crippen LogP contribution in [0.3, 0.4) is 0 Å². The minimum Gasteiger partial charge on any atom is -0.334 e. The quantitative estimate of drug-likeness (QED) is 0.727. The topological polar surface area (TPSA) is 60.1 Å². The van der Waals surface area contributed by atoms with Crippen molar-refractivity contribution in [2.75, 3.05) is 6.54 Å². The van der Waals surface area contributed by atoms with Gasteiger partial charge in [0.25, 0.3) is 0 Å². The largest absolute Gasteiger partial charge is 0.334 e. The lowest BCUT2D eigenvalue weighted by atomic mass is 10.1.